The van der Waals surface area contributed by atoms with Gasteiger partial charge >= 0.3 is 0 Å². The SMILES string of the molecule is O=C(NNC(=O)C1CC1)C1CC1. The third-order valence-corrected chi connectivity index (χ3v) is 2.21. The molecular weight excluding hydrogens is 156 g/mol. The smallest absolute Gasteiger partial charge is 0.241 e. The van der Waals surface area contributed by atoms with E-state index in [1.54, 1.807) is 0 Å². The van der Waals surface area contributed by atoms with E-state index in [-0.39, 0.29) is 23.7 Å². The molecule has 0 aliphatic heterocycles. The van der Waals surface area contributed by atoms with Gasteiger partial charge in [-0.1, -0.05) is 0 Å². The molecule has 2 aliphatic carbocycles. The molecule has 4 nitrogen and oxygen atoms in total. The fourth-order valence-electron chi connectivity index (χ4n) is 1.02. The first-order valence-corrected chi connectivity index (χ1v) is 4.37. The highest BCUT2D eigenvalue weighted by Crippen LogP contribution is 2.29. The largest absolute Gasteiger partial charge is 0.273 e. The Morgan fingerprint density at radius 1 is 0.833 bits per heavy atom. The molecule has 2 fully saturated rings. The Labute approximate surface area is 70.7 Å². The average molecular weight is 168 g/mol. The summed E-state index contributed by atoms with van der Waals surface area (Å²) in [6.07, 6.45) is 3.85. The highest BCUT2D eigenvalue weighted by molar-refractivity contribution is 5.86. The van der Waals surface area contributed by atoms with Crippen molar-refractivity contribution in [2.45, 2.75) is 25.7 Å². The summed E-state index contributed by atoms with van der Waals surface area (Å²) in [4.78, 5) is 22.1. The first kappa shape index (κ1) is 7.58. The van der Waals surface area contributed by atoms with E-state index < -0.39 is 0 Å². The van der Waals surface area contributed by atoms with E-state index in [0.29, 0.717) is 0 Å². The third kappa shape index (κ3) is 1.75. The lowest BCUT2D eigenvalue weighted by Crippen LogP contribution is -2.43. The van der Waals surface area contributed by atoms with E-state index in [2.05, 4.69) is 10.9 Å². The van der Waals surface area contributed by atoms with Gasteiger partial charge in [-0.2, -0.15) is 0 Å². The maximum absolute atomic E-state index is 11.0. The number of amides is 2. The minimum atomic E-state index is -0.0380. The van der Waals surface area contributed by atoms with E-state index in [1.165, 1.54) is 0 Å². The maximum atomic E-state index is 11.0. The average Bonchev–Trinajstić information content (AvgIpc) is 2.91. The monoisotopic (exact) mass is 168 g/mol. The van der Waals surface area contributed by atoms with Crippen molar-refractivity contribution < 1.29 is 9.59 Å². The molecule has 4 heteroatoms. The molecule has 0 aromatic rings. The first-order valence-electron chi connectivity index (χ1n) is 4.37. The summed E-state index contributed by atoms with van der Waals surface area (Å²) < 4.78 is 0. The van der Waals surface area contributed by atoms with Gasteiger partial charge < -0.3 is 0 Å². The van der Waals surface area contributed by atoms with Gasteiger partial charge in [0.05, 0.1) is 0 Å². The minimum absolute atomic E-state index is 0.0380. The standard InChI is InChI=1S/C8H12N2O2/c11-7(5-1-2-5)9-10-8(12)6-3-4-6/h5-6H,1-4H2,(H,9,11)(H,10,12). The predicted octanol–water partition coefficient (Wildman–Crippen LogP) is -0.0462. The molecule has 12 heavy (non-hydrogen) atoms. The van der Waals surface area contributed by atoms with Crippen molar-refractivity contribution in [2.75, 3.05) is 0 Å². The summed E-state index contributed by atoms with van der Waals surface area (Å²) in [5.41, 5.74) is 4.85. The predicted molar refractivity (Wildman–Crippen MR) is 41.7 cm³/mol. The third-order valence-electron chi connectivity index (χ3n) is 2.21. The summed E-state index contributed by atoms with van der Waals surface area (Å²) >= 11 is 0. The fraction of sp³-hybridized carbons (Fsp3) is 0.750. The molecule has 66 valence electrons. The Hall–Kier alpha value is -1.06. The van der Waals surface area contributed by atoms with Crippen molar-refractivity contribution in [3.05, 3.63) is 0 Å². The highest BCUT2D eigenvalue weighted by atomic mass is 16.2. The van der Waals surface area contributed by atoms with Crippen LogP contribution in [0.5, 0.6) is 0 Å². The molecule has 0 aromatic carbocycles. The quantitative estimate of drug-likeness (QED) is 0.568. The van der Waals surface area contributed by atoms with Crippen molar-refractivity contribution in [2.24, 2.45) is 11.8 Å². The molecule has 0 unspecified atom stereocenters. The van der Waals surface area contributed by atoms with Crippen LogP contribution in [-0.4, -0.2) is 11.8 Å². The Morgan fingerprint density at radius 2 is 1.17 bits per heavy atom. The number of carbonyl (C=O) groups is 2. The molecule has 2 amide bonds. The van der Waals surface area contributed by atoms with Gasteiger partial charge in [-0.15, -0.1) is 0 Å². The van der Waals surface area contributed by atoms with Gasteiger partial charge in [-0.25, -0.2) is 0 Å². The van der Waals surface area contributed by atoms with Gasteiger partial charge in [-0.3, -0.25) is 20.4 Å². The van der Waals surface area contributed by atoms with Crippen LogP contribution in [0, 0.1) is 11.8 Å². The van der Waals surface area contributed by atoms with E-state index >= 15 is 0 Å². The van der Waals surface area contributed by atoms with E-state index in [1.807, 2.05) is 0 Å². The lowest BCUT2D eigenvalue weighted by molar-refractivity contribution is -0.130. The van der Waals surface area contributed by atoms with E-state index in [4.69, 9.17) is 0 Å². The summed E-state index contributed by atoms with van der Waals surface area (Å²) in [5.74, 6) is 0.238. The summed E-state index contributed by atoms with van der Waals surface area (Å²) in [6, 6.07) is 0. The highest BCUT2D eigenvalue weighted by Gasteiger charge is 2.32. The van der Waals surface area contributed by atoms with Crippen LogP contribution in [-0.2, 0) is 9.59 Å². The zero-order valence-electron chi connectivity index (χ0n) is 6.80. The van der Waals surface area contributed by atoms with Gasteiger partial charge in [0.2, 0.25) is 11.8 Å². The van der Waals surface area contributed by atoms with Crippen LogP contribution in [0.15, 0.2) is 0 Å². The Balaban J connectivity index is 1.66. The molecular formula is C8H12N2O2. The lowest BCUT2D eigenvalue weighted by atomic mass is 10.4. The van der Waals surface area contributed by atoms with Crippen LogP contribution in [0.4, 0.5) is 0 Å². The van der Waals surface area contributed by atoms with Gasteiger partial charge in [0.25, 0.3) is 0 Å². The molecule has 2 saturated carbocycles. The second-order valence-electron chi connectivity index (χ2n) is 3.53. The molecule has 2 rings (SSSR count). The van der Waals surface area contributed by atoms with Crippen molar-refractivity contribution in [1.29, 1.82) is 0 Å². The van der Waals surface area contributed by atoms with Gasteiger partial charge in [-0.05, 0) is 25.7 Å². The molecule has 0 spiro atoms. The number of rotatable bonds is 2. The number of nitrogens with one attached hydrogen (secondary N) is 2. The topological polar surface area (TPSA) is 58.2 Å². The Kier molecular flexibility index (Phi) is 1.75. The number of carbonyl (C=O) groups excluding carboxylic acids is 2. The second-order valence-corrected chi connectivity index (χ2v) is 3.53. The lowest BCUT2D eigenvalue weighted by Gasteiger charge is -2.04. The molecule has 0 bridgehead atoms. The van der Waals surface area contributed by atoms with Gasteiger partial charge in [0.15, 0.2) is 0 Å². The Morgan fingerprint density at radius 3 is 1.42 bits per heavy atom. The molecule has 2 aliphatic rings. The fourth-order valence-corrected chi connectivity index (χ4v) is 1.02. The first-order chi connectivity index (χ1) is 5.77. The van der Waals surface area contributed by atoms with Crippen LogP contribution >= 0.6 is 0 Å². The molecule has 0 atom stereocenters. The summed E-state index contributed by atoms with van der Waals surface area (Å²) in [7, 11) is 0. The van der Waals surface area contributed by atoms with Gasteiger partial charge in [0.1, 0.15) is 0 Å². The summed E-state index contributed by atoms with van der Waals surface area (Å²) in [6.45, 7) is 0. The zero-order valence-corrected chi connectivity index (χ0v) is 6.80. The molecule has 0 heterocycles. The Bertz CT molecular complexity index is 195. The van der Waals surface area contributed by atoms with Crippen LogP contribution in [0.1, 0.15) is 25.7 Å². The molecule has 0 saturated heterocycles. The number of hydrogen-bond donors (Lipinski definition) is 2. The van der Waals surface area contributed by atoms with Crippen molar-refractivity contribution in [1.82, 2.24) is 10.9 Å². The van der Waals surface area contributed by atoms with Crippen LogP contribution in [0.2, 0.25) is 0 Å². The molecule has 0 radical (unpaired) electrons. The van der Waals surface area contributed by atoms with E-state index in [0.717, 1.165) is 25.7 Å². The molecule has 2 N–H and O–H groups in total. The van der Waals surface area contributed by atoms with Crippen LogP contribution in [0.3, 0.4) is 0 Å². The van der Waals surface area contributed by atoms with Crippen molar-refractivity contribution >= 4 is 11.8 Å². The van der Waals surface area contributed by atoms with Crippen LogP contribution in [0.25, 0.3) is 0 Å². The normalized spacial score (nSPS) is 21.7. The van der Waals surface area contributed by atoms with Gasteiger partial charge in [0, 0.05) is 11.8 Å². The summed E-state index contributed by atoms with van der Waals surface area (Å²) in [5, 5.41) is 0. The number of hydrogen-bond acceptors (Lipinski definition) is 2. The molecule has 0 aromatic heterocycles. The zero-order chi connectivity index (χ0) is 8.55. The number of hydrazine groups is 1. The minimum Gasteiger partial charge on any atom is -0.273 e. The van der Waals surface area contributed by atoms with Crippen LogP contribution < -0.4 is 10.9 Å². The maximum Gasteiger partial charge on any atom is 0.241 e. The van der Waals surface area contributed by atoms with Crippen molar-refractivity contribution in [3.8, 4) is 0 Å². The van der Waals surface area contributed by atoms with E-state index in [9.17, 15) is 9.59 Å². The second kappa shape index (κ2) is 2.77. The van der Waals surface area contributed by atoms with Crippen molar-refractivity contribution in [3.63, 3.8) is 0 Å².